The number of rotatable bonds is 9. The van der Waals surface area contributed by atoms with Crippen molar-refractivity contribution in [2.75, 3.05) is 61.4 Å². The van der Waals surface area contributed by atoms with Gasteiger partial charge in [-0.15, -0.1) is 0 Å². The topological polar surface area (TPSA) is 116 Å². The molecule has 2 aromatic carbocycles. The zero-order valence-electron chi connectivity index (χ0n) is 22.4. The van der Waals surface area contributed by atoms with Crippen LogP contribution in [-0.4, -0.2) is 88.0 Å². The van der Waals surface area contributed by atoms with Crippen molar-refractivity contribution in [2.45, 2.75) is 18.9 Å². The number of fused-ring (bicyclic) bond motifs is 1. The first-order valence-corrected chi connectivity index (χ1v) is 12.7. The normalized spacial score (nSPS) is 20.0. The molecule has 0 radical (unpaired) electrons. The lowest BCUT2D eigenvalue weighted by molar-refractivity contribution is -0.140. The number of hydrogen-bond donors (Lipinski definition) is 1. The Morgan fingerprint density at radius 3 is 2.31 bits per heavy atom. The highest BCUT2D eigenvalue weighted by Crippen LogP contribution is 2.54. The molecule has 3 aliphatic heterocycles. The van der Waals surface area contributed by atoms with Gasteiger partial charge in [0.15, 0.2) is 23.0 Å². The molecule has 3 aliphatic rings. The smallest absolute Gasteiger partial charge is 0.295 e. The van der Waals surface area contributed by atoms with Crippen LogP contribution in [0.5, 0.6) is 34.5 Å². The Morgan fingerprint density at radius 1 is 0.923 bits per heavy atom. The number of carbonyl (C=O) groups is 2. The Bertz CT molecular complexity index is 1320. The fourth-order valence-corrected chi connectivity index (χ4v) is 5.44. The highest BCUT2D eigenvalue weighted by Gasteiger charge is 2.48. The van der Waals surface area contributed by atoms with Crippen LogP contribution in [0.2, 0.25) is 0 Å². The number of methoxy groups -OCH3 is 4. The molecule has 208 valence electrons. The predicted octanol–water partition coefficient (Wildman–Crippen LogP) is 2.97. The molecule has 2 saturated heterocycles. The molecule has 2 aromatic rings. The van der Waals surface area contributed by atoms with Crippen molar-refractivity contribution in [1.82, 2.24) is 9.80 Å². The highest BCUT2D eigenvalue weighted by atomic mass is 16.7. The molecule has 0 aromatic heterocycles. The number of Topliss-reactive ketones (excluding diaryl/α,β-unsaturated/α-hetero) is 1. The summed E-state index contributed by atoms with van der Waals surface area (Å²) in [7, 11) is 5.91. The molecule has 1 amide bonds. The fourth-order valence-electron chi connectivity index (χ4n) is 5.44. The second-order valence-electron chi connectivity index (χ2n) is 9.38. The molecular weight excluding hydrogens is 508 g/mol. The van der Waals surface area contributed by atoms with E-state index in [2.05, 4.69) is 4.90 Å². The third-order valence-corrected chi connectivity index (χ3v) is 7.36. The van der Waals surface area contributed by atoms with E-state index in [0.717, 1.165) is 25.9 Å². The van der Waals surface area contributed by atoms with Gasteiger partial charge in [0, 0.05) is 24.2 Å². The van der Waals surface area contributed by atoms with E-state index in [1.165, 1.54) is 33.3 Å². The van der Waals surface area contributed by atoms with E-state index >= 15 is 0 Å². The van der Waals surface area contributed by atoms with E-state index in [-0.39, 0.29) is 36.2 Å². The van der Waals surface area contributed by atoms with Gasteiger partial charge in [-0.1, -0.05) is 0 Å². The van der Waals surface area contributed by atoms with Gasteiger partial charge in [0.25, 0.3) is 11.7 Å². The van der Waals surface area contributed by atoms with E-state index in [9.17, 15) is 14.7 Å². The van der Waals surface area contributed by atoms with Gasteiger partial charge in [0.1, 0.15) is 5.76 Å². The summed E-state index contributed by atoms with van der Waals surface area (Å²) in [6.07, 6.45) is 2.18. The van der Waals surface area contributed by atoms with Crippen LogP contribution in [0.25, 0.3) is 5.76 Å². The molecule has 11 heteroatoms. The number of aliphatic hydroxyl groups excluding tert-OH is 1. The maximum Gasteiger partial charge on any atom is 0.295 e. The first kappa shape index (κ1) is 26.5. The van der Waals surface area contributed by atoms with Crippen LogP contribution >= 0.6 is 0 Å². The molecule has 0 saturated carbocycles. The van der Waals surface area contributed by atoms with Crippen LogP contribution < -0.4 is 28.4 Å². The predicted molar refractivity (Wildman–Crippen MR) is 140 cm³/mol. The molecule has 0 bridgehead atoms. The van der Waals surface area contributed by atoms with Gasteiger partial charge in [-0.3, -0.25) is 9.59 Å². The van der Waals surface area contributed by atoms with Crippen LogP contribution in [0.4, 0.5) is 0 Å². The Kier molecular flexibility index (Phi) is 7.42. The quantitative estimate of drug-likeness (QED) is 0.289. The number of hydrogen-bond acceptors (Lipinski definition) is 10. The summed E-state index contributed by atoms with van der Waals surface area (Å²) in [5.74, 6) is 0.277. The van der Waals surface area contributed by atoms with Crippen molar-refractivity contribution in [3.8, 4) is 34.5 Å². The Hall–Kier alpha value is -4.12. The number of aliphatic hydroxyl groups is 1. The van der Waals surface area contributed by atoms with Crippen LogP contribution in [0.1, 0.15) is 30.0 Å². The van der Waals surface area contributed by atoms with E-state index < -0.39 is 17.7 Å². The number of likely N-dealkylation sites (tertiary alicyclic amines) is 2. The van der Waals surface area contributed by atoms with Gasteiger partial charge in [-0.2, -0.15) is 0 Å². The van der Waals surface area contributed by atoms with E-state index in [0.29, 0.717) is 40.7 Å². The highest BCUT2D eigenvalue weighted by molar-refractivity contribution is 6.46. The molecule has 11 nitrogen and oxygen atoms in total. The molecule has 0 aliphatic carbocycles. The SMILES string of the molecule is COc1ccc(C(O)=C2C(=O)C(=O)N(CCN3CCCC3)[C@H]2c2cc3c(c(OC)c2OC)OCO3)cc1OC. The lowest BCUT2D eigenvalue weighted by Crippen LogP contribution is -2.37. The van der Waals surface area contributed by atoms with Crippen molar-refractivity contribution < 1.29 is 43.1 Å². The van der Waals surface area contributed by atoms with E-state index in [1.807, 2.05) is 0 Å². The summed E-state index contributed by atoms with van der Waals surface area (Å²) >= 11 is 0. The number of benzene rings is 2. The molecule has 1 N–H and O–H groups in total. The minimum Gasteiger partial charge on any atom is -0.507 e. The summed E-state index contributed by atoms with van der Waals surface area (Å²) in [5, 5.41) is 11.5. The maximum atomic E-state index is 13.6. The lowest BCUT2D eigenvalue weighted by atomic mass is 9.93. The Morgan fingerprint density at radius 2 is 1.64 bits per heavy atom. The van der Waals surface area contributed by atoms with Gasteiger partial charge in [0.2, 0.25) is 18.3 Å². The third-order valence-electron chi connectivity index (χ3n) is 7.36. The molecule has 0 unspecified atom stereocenters. The average molecular weight is 541 g/mol. The van der Waals surface area contributed by atoms with Gasteiger partial charge in [-0.25, -0.2) is 0 Å². The minimum absolute atomic E-state index is 0.0148. The minimum atomic E-state index is -0.973. The first-order valence-electron chi connectivity index (χ1n) is 12.7. The third kappa shape index (κ3) is 4.56. The van der Waals surface area contributed by atoms with E-state index in [4.69, 9.17) is 28.4 Å². The van der Waals surface area contributed by atoms with Gasteiger partial charge in [-0.05, 0) is 50.2 Å². The van der Waals surface area contributed by atoms with Crippen LogP contribution in [0, 0.1) is 0 Å². The zero-order valence-corrected chi connectivity index (χ0v) is 22.4. The number of nitrogens with zero attached hydrogens (tertiary/aromatic N) is 2. The molecule has 1 atom stereocenters. The Labute approximate surface area is 226 Å². The van der Waals surface area contributed by atoms with Crippen molar-refractivity contribution in [2.24, 2.45) is 0 Å². The number of ether oxygens (including phenoxy) is 6. The summed E-state index contributed by atoms with van der Waals surface area (Å²) in [6.45, 7) is 2.71. The molecule has 2 fully saturated rings. The van der Waals surface area contributed by atoms with Crippen LogP contribution in [-0.2, 0) is 9.59 Å². The molecular formula is C28H32N2O9. The molecule has 0 spiro atoms. The number of amides is 1. The monoisotopic (exact) mass is 540 g/mol. The van der Waals surface area contributed by atoms with Crippen molar-refractivity contribution >= 4 is 17.4 Å². The van der Waals surface area contributed by atoms with Crippen molar-refractivity contribution in [3.05, 3.63) is 41.0 Å². The largest absolute Gasteiger partial charge is 0.507 e. The fraction of sp³-hybridized carbons (Fsp3) is 0.429. The van der Waals surface area contributed by atoms with Gasteiger partial charge >= 0.3 is 0 Å². The second kappa shape index (κ2) is 10.9. The van der Waals surface area contributed by atoms with Gasteiger partial charge in [0.05, 0.1) is 40.1 Å². The maximum absolute atomic E-state index is 13.6. The first-order chi connectivity index (χ1) is 18.9. The number of carbonyl (C=O) groups excluding carboxylic acids is 2. The van der Waals surface area contributed by atoms with Gasteiger partial charge < -0.3 is 43.3 Å². The second-order valence-corrected chi connectivity index (χ2v) is 9.38. The lowest BCUT2D eigenvalue weighted by Gasteiger charge is -2.29. The van der Waals surface area contributed by atoms with E-state index in [1.54, 1.807) is 24.3 Å². The zero-order chi connectivity index (χ0) is 27.7. The summed E-state index contributed by atoms with van der Waals surface area (Å²) in [5.41, 5.74) is 0.649. The summed E-state index contributed by atoms with van der Waals surface area (Å²) in [6, 6.07) is 5.48. The van der Waals surface area contributed by atoms with Crippen LogP contribution in [0.3, 0.4) is 0 Å². The summed E-state index contributed by atoms with van der Waals surface area (Å²) < 4.78 is 33.3. The molecule has 39 heavy (non-hydrogen) atoms. The van der Waals surface area contributed by atoms with Crippen LogP contribution in [0.15, 0.2) is 29.8 Å². The standard InChI is InChI=1S/C28H32N2O9/c1-34-18-8-7-16(13-19(18)35-2)23(31)21-22(30(28(33)24(21)32)12-11-29-9-5-6-10-29)17-14-20-26(39-15-38-20)27(37-4)25(17)36-3/h7-8,13-14,22,31H,5-6,9-12,15H2,1-4H3/t22-/m0/s1. The Balaban J connectivity index is 1.69. The number of ketones is 1. The summed E-state index contributed by atoms with van der Waals surface area (Å²) in [4.78, 5) is 30.8. The van der Waals surface area contributed by atoms with Crippen molar-refractivity contribution in [3.63, 3.8) is 0 Å². The average Bonchev–Trinajstić information content (AvgIpc) is 3.70. The molecule has 5 rings (SSSR count). The van der Waals surface area contributed by atoms with Crippen molar-refractivity contribution in [1.29, 1.82) is 0 Å². The molecule has 3 heterocycles.